The number of anilines is 1. The van der Waals surface area contributed by atoms with Crippen LogP contribution in [0.2, 0.25) is 0 Å². The fraction of sp³-hybridized carbons (Fsp3) is 0.357. The van der Waals surface area contributed by atoms with Crippen molar-refractivity contribution in [2.24, 2.45) is 0 Å². The maximum atomic E-state index is 10.0. The third-order valence-corrected chi connectivity index (χ3v) is 3.13. The van der Waals surface area contributed by atoms with Crippen LogP contribution < -0.4 is 4.90 Å². The molecule has 0 aliphatic heterocycles. The topological polar surface area (TPSA) is 56.6 Å². The molecule has 19 heavy (non-hydrogen) atoms. The highest BCUT2D eigenvalue weighted by Gasteiger charge is 2.15. The zero-order chi connectivity index (χ0) is 13.3. The average molecular weight is 327 g/mol. The van der Waals surface area contributed by atoms with E-state index in [1.165, 1.54) is 12.1 Å². The second-order valence-electron chi connectivity index (χ2n) is 4.28. The number of nitrogens with zero attached hydrogens (tertiary/aromatic N) is 2. The normalized spacial score (nSPS) is 10.3. The lowest BCUT2D eigenvalue weighted by Crippen LogP contribution is -2.22. The monoisotopic (exact) mass is 326 g/mol. The second kappa shape index (κ2) is 6.10. The number of benzene rings is 1. The van der Waals surface area contributed by atoms with E-state index in [-0.39, 0.29) is 28.5 Å². The van der Waals surface area contributed by atoms with Gasteiger partial charge in [0.15, 0.2) is 0 Å². The molecule has 0 saturated carbocycles. The Kier molecular flexibility index (Phi) is 5.00. The Balaban J connectivity index is 0.00000180. The summed E-state index contributed by atoms with van der Waals surface area (Å²) in [7, 11) is 0. The molecule has 5 heteroatoms. The lowest BCUT2D eigenvalue weighted by Gasteiger charge is -2.23. The molecule has 0 spiro atoms. The summed E-state index contributed by atoms with van der Waals surface area (Å²) in [4.78, 5) is 6.45. The van der Waals surface area contributed by atoms with E-state index in [0.717, 1.165) is 24.5 Å². The van der Waals surface area contributed by atoms with E-state index in [1.807, 2.05) is 13.0 Å². The molecule has 1 aromatic carbocycles. The SMILES string of the molecule is Br.CCN(CC)c1cc(C)nc2c(O)ccc(O)c12. The van der Waals surface area contributed by atoms with Gasteiger partial charge in [-0.25, -0.2) is 4.98 Å². The van der Waals surface area contributed by atoms with Crippen LogP contribution in [0.3, 0.4) is 0 Å². The summed E-state index contributed by atoms with van der Waals surface area (Å²) in [6.07, 6.45) is 0. The molecule has 1 heterocycles. The number of halogens is 1. The Morgan fingerprint density at radius 3 is 2.26 bits per heavy atom. The number of fused-ring (bicyclic) bond motifs is 1. The lowest BCUT2D eigenvalue weighted by molar-refractivity contribution is 0.468. The smallest absolute Gasteiger partial charge is 0.142 e. The Morgan fingerprint density at radius 2 is 1.68 bits per heavy atom. The molecule has 2 aromatic rings. The van der Waals surface area contributed by atoms with Gasteiger partial charge in [-0.05, 0) is 39.0 Å². The van der Waals surface area contributed by atoms with Crippen LogP contribution in [-0.2, 0) is 0 Å². The van der Waals surface area contributed by atoms with Gasteiger partial charge in [0.1, 0.15) is 17.0 Å². The first-order chi connectivity index (χ1) is 8.58. The van der Waals surface area contributed by atoms with E-state index in [9.17, 15) is 10.2 Å². The fourth-order valence-corrected chi connectivity index (χ4v) is 2.23. The number of hydrogen-bond acceptors (Lipinski definition) is 4. The van der Waals surface area contributed by atoms with Crippen molar-refractivity contribution in [1.82, 2.24) is 4.98 Å². The van der Waals surface area contributed by atoms with Crippen molar-refractivity contribution < 1.29 is 10.2 Å². The van der Waals surface area contributed by atoms with E-state index >= 15 is 0 Å². The number of aryl methyl sites for hydroxylation is 1. The van der Waals surface area contributed by atoms with Crippen LogP contribution in [0.4, 0.5) is 5.69 Å². The van der Waals surface area contributed by atoms with Crippen molar-refractivity contribution in [3.63, 3.8) is 0 Å². The molecule has 0 fully saturated rings. The summed E-state index contributed by atoms with van der Waals surface area (Å²) in [5.74, 6) is 0.247. The first-order valence-corrected chi connectivity index (χ1v) is 6.15. The second-order valence-corrected chi connectivity index (χ2v) is 4.28. The van der Waals surface area contributed by atoms with Crippen LogP contribution in [0.5, 0.6) is 11.5 Å². The van der Waals surface area contributed by atoms with Crippen LogP contribution >= 0.6 is 17.0 Å². The minimum Gasteiger partial charge on any atom is -0.507 e. The molecule has 2 rings (SSSR count). The van der Waals surface area contributed by atoms with Gasteiger partial charge in [0.2, 0.25) is 0 Å². The van der Waals surface area contributed by atoms with E-state index < -0.39 is 0 Å². The Hall–Kier alpha value is -1.49. The van der Waals surface area contributed by atoms with E-state index in [2.05, 4.69) is 23.7 Å². The summed E-state index contributed by atoms with van der Waals surface area (Å²) in [6.45, 7) is 7.68. The maximum Gasteiger partial charge on any atom is 0.142 e. The Bertz CT molecular complexity index is 583. The molecule has 0 aliphatic carbocycles. The van der Waals surface area contributed by atoms with Crippen LogP contribution in [0.25, 0.3) is 10.9 Å². The van der Waals surface area contributed by atoms with Gasteiger partial charge in [-0.2, -0.15) is 0 Å². The molecule has 0 bridgehead atoms. The zero-order valence-electron chi connectivity index (χ0n) is 11.3. The lowest BCUT2D eigenvalue weighted by atomic mass is 10.1. The molecular formula is C14H19BrN2O2. The van der Waals surface area contributed by atoms with Gasteiger partial charge in [-0.1, -0.05) is 0 Å². The quantitative estimate of drug-likeness (QED) is 0.849. The van der Waals surface area contributed by atoms with Crippen molar-refractivity contribution in [3.8, 4) is 11.5 Å². The molecule has 1 aromatic heterocycles. The number of aromatic nitrogens is 1. The number of phenols is 2. The fourth-order valence-electron chi connectivity index (χ4n) is 2.23. The number of hydrogen-bond donors (Lipinski definition) is 2. The molecule has 104 valence electrons. The van der Waals surface area contributed by atoms with Gasteiger partial charge in [0.25, 0.3) is 0 Å². The first kappa shape index (κ1) is 15.6. The number of aromatic hydroxyl groups is 2. The van der Waals surface area contributed by atoms with Crippen molar-refractivity contribution in [2.75, 3.05) is 18.0 Å². The summed E-state index contributed by atoms with van der Waals surface area (Å²) < 4.78 is 0. The molecule has 0 unspecified atom stereocenters. The van der Waals surface area contributed by atoms with E-state index in [4.69, 9.17) is 0 Å². The summed E-state index contributed by atoms with van der Waals surface area (Å²) in [5.41, 5.74) is 2.19. The summed E-state index contributed by atoms with van der Waals surface area (Å²) >= 11 is 0. The van der Waals surface area contributed by atoms with Crippen molar-refractivity contribution in [1.29, 1.82) is 0 Å². The molecule has 0 saturated heterocycles. The van der Waals surface area contributed by atoms with Crippen molar-refractivity contribution >= 4 is 33.6 Å². The van der Waals surface area contributed by atoms with Crippen LogP contribution in [0.15, 0.2) is 18.2 Å². The number of phenolic OH excluding ortho intramolecular Hbond substituents is 2. The van der Waals surface area contributed by atoms with Gasteiger partial charge < -0.3 is 15.1 Å². The van der Waals surface area contributed by atoms with E-state index in [1.54, 1.807) is 0 Å². The summed E-state index contributed by atoms with van der Waals surface area (Å²) in [5, 5.41) is 20.5. The minimum absolute atomic E-state index is 0. The third-order valence-electron chi connectivity index (χ3n) is 3.13. The first-order valence-electron chi connectivity index (χ1n) is 6.15. The van der Waals surface area contributed by atoms with Gasteiger partial charge >= 0.3 is 0 Å². The molecule has 0 radical (unpaired) electrons. The predicted octanol–water partition coefficient (Wildman–Crippen LogP) is 3.38. The third kappa shape index (κ3) is 2.76. The van der Waals surface area contributed by atoms with Crippen molar-refractivity contribution in [3.05, 3.63) is 23.9 Å². The van der Waals surface area contributed by atoms with Crippen LogP contribution in [0, 0.1) is 6.92 Å². The van der Waals surface area contributed by atoms with Gasteiger partial charge in [0.05, 0.1) is 11.1 Å². The average Bonchev–Trinajstić information content (AvgIpc) is 2.35. The molecule has 4 nitrogen and oxygen atoms in total. The molecule has 0 amide bonds. The number of pyridine rings is 1. The highest BCUT2D eigenvalue weighted by Crippen LogP contribution is 2.37. The predicted molar refractivity (Wildman–Crippen MR) is 83.7 cm³/mol. The summed E-state index contributed by atoms with van der Waals surface area (Å²) in [6, 6.07) is 4.91. The molecule has 0 aliphatic rings. The van der Waals surface area contributed by atoms with Crippen LogP contribution in [-0.4, -0.2) is 28.3 Å². The Morgan fingerprint density at radius 1 is 1.11 bits per heavy atom. The molecule has 2 N–H and O–H groups in total. The van der Waals surface area contributed by atoms with E-state index in [0.29, 0.717) is 10.9 Å². The Labute approximate surface area is 123 Å². The van der Waals surface area contributed by atoms with Crippen LogP contribution in [0.1, 0.15) is 19.5 Å². The molecular weight excluding hydrogens is 308 g/mol. The van der Waals surface area contributed by atoms with Gasteiger partial charge in [-0.15, -0.1) is 17.0 Å². The maximum absolute atomic E-state index is 10.0. The zero-order valence-corrected chi connectivity index (χ0v) is 13.1. The van der Waals surface area contributed by atoms with Crippen molar-refractivity contribution in [2.45, 2.75) is 20.8 Å². The minimum atomic E-state index is 0. The van der Waals surface area contributed by atoms with Gasteiger partial charge in [0, 0.05) is 18.8 Å². The molecule has 0 atom stereocenters. The highest BCUT2D eigenvalue weighted by molar-refractivity contribution is 8.93. The number of rotatable bonds is 3. The highest BCUT2D eigenvalue weighted by atomic mass is 79.9. The van der Waals surface area contributed by atoms with Gasteiger partial charge in [-0.3, -0.25) is 0 Å². The standard InChI is InChI=1S/C14H18N2O2.BrH/c1-4-16(5-2)10-8-9(3)15-14-12(18)7-6-11(17)13(10)14;/h6-8,17-18H,4-5H2,1-3H3;1H. The largest absolute Gasteiger partial charge is 0.507 e.